The van der Waals surface area contributed by atoms with Crippen LogP contribution in [0.4, 0.5) is 0 Å². The average molecular weight is 328 g/mol. The maximum atomic E-state index is 11.9. The van der Waals surface area contributed by atoms with Crippen LogP contribution in [0, 0.1) is 0 Å². The van der Waals surface area contributed by atoms with Crippen molar-refractivity contribution < 1.29 is 14.3 Å². The summed E-state index contributed by atoms with van der Waals surface area (Å²) < 4.78 is 10.5. The number of carbonyl (C=O) groups is 1. The zero-order valence-corrected chi connectivity index (χ0v) is 14.2. The van der Waals surface area contributed by atoms with Gasteiger partial charge in [0, 0.05) is 25.4 Å². The van der Waals surface area contributed by atoms with E-state index in [2.05, 4.69) is 10.3 Å². The summed E-state index contributed by atoms with van der Waals surface area (Å²) in [6, 6.07) is 9.74. The minimum absolute atomic E-state index is 0.0827. The molecule has 2 rings (SSSR count). The van der Waals surface area contributed by atoms with E-state index >= 15 is 0 Å². The molecule has 128 valence electrons. The van der Waals surface area contributed by atoms with Gasteiger partial charge in [-0.3, -0.25) is 9.78 Å². The highest BCUT2D eigenvalue weighted by atomic mass is 16.5. The molecule has 0 aliphatic carbocycles. The number of methoxy groups -OCH3 is 2. The van der Waals surface area contributed by atoms with Gasteiger partial charge in [0.05, 0.1) is 14.2 Å². The number of nitrogens with one attached hydrogen (secondary N) is 1. The molecule has 0 unspecified atom stereocenters. The van der Waals surface area contributed by atoms with E-state index in [0.29, 0.717) is 24.5 Å². The molecule has 1 heterocycles. The second-order valence-electron chi connectivity index (χ2n) is 5.50. The molecule has 24 heavy (non-hydrogen) atoms. The van der Waals surface area contributed by atoms with Gasteiger partial charge in [0.1, 0.15) is 0 Å². The molecule has 1 aromatic heterocycles. The van der Waals surface area contributed by atoms with Gasteiger partial charge in [-0.1, -0.05) is 12.1 Å². The van der Waals surface area contributed by atoms with E-state index in [4.69, 9.17) is 9.47 Å². The summed E-state index contributed by atoms with van der Waals surface area (Å²) in [5.74, 6) is 1.50. The van der Waals surface area contributed by atoms with Crippen LogP contribution in [0.25, 0.3) is 0 Å². The minimum Gasteiger partial charge on any atom is -0.493 e. The number of hydrogen-bond donors (Lipinski definition) is 1. The van der Waals surface area contributed by atoms with Crippen molar-refractivity contribution in [1.82, 2.24) is 10.3 Å². The van der Waals surface area contributed by atoms with Crippen molar-refractivity contribution in [3.63, 3.8) is 0 Å². The molecule has 0 saturated heterocycles. The number of ether oxygens (including phenoxy) is 2. The van der Waals surface area contributed by atoms with Gasteiger partial charge in [-0.05, 0) is 48.6 Å². The Labute approximate surface area is 143 Å². The molecule has 5 nitrogen and oxygen atoms in total. The van der Waals surface area contributed by atoms with Gasteiger partial charge in [0.15, 0.2) is 11.5 Å². The summed E-state index contributed by atoms with van der Waals surface area (Å²) in [5, 5.41) is 2.96. The number of nitrogens with zero attached hydrogens (tertiary/aromatic N) is 1. The van der Waals surface area contributed by atoms with Crippen LogP contribution in [-0.4, -0.2) is 31.7 Å². The van der Waals surface area contributed by atoms with Crippen LogP contribution < -0.4 is 14.8 Å². The first kappa shape index (κ1) is 17.8. The Kier molecular flexibility index (Phi) is 7.08. The Bertz CT molecular complexity index is 644. The van der Waals surface area contributed by atoms with Crippen molar-refractivity contribution in [1.29, 1.82) is 0 Å². The van der Waals surface area contributed by atoms with Crippen LogP contribution >= 0.6 is 0 Å². The Balaban J connectivity index is 1.69. The van der Waals surface area contributed by atoms with Crippen LogP contribution in [0.15, 0.2) is 42.7 Å². The predicted molar refractivity (Wildman–Crippen MR) is 93.4 cm³/mol. The molecule has 0 fully saturated rings. The van der Waals surface area contributed by atoms with Crippen LogP contribution in [0.2, 0.25) is 0 Å². The van der Waals surface area contributed by atoms with Crippen molar-refractivity contribution in [2.45, 2.75) is 25.7 Å². The third-order valence-electron chi connectivity index (χ3n) is 3.78. The second kappa shape index (κ2) is 9.55. The van der Waals surface area contributed by atoms with E-state index in [0.717, 1.165) is 30.4 Å². The molecule has 0 aliphatic rings. The summed E-state index contributed by atoms with van der Waals surface area (Å²) in [7, 11) is 3.23. The van der Waals surface area contributed by atoms with Crippen molar-refractivity contribution in [2.24, 2.45) is 0 Å². The molecule has 0 aliphatic heterocycles. The first-order valence-electron chi connectivity index (χ1n) is 8.09. The maximum Gasteiger partial charge on any atom is 0.220 e. The summed E-state index contributed by atoms with van der Waals surface area (Å²) in [6.45, 7) is 0.612. The van der Waals surface area contributed by atoms with Gasteiger partial charge in [-0.25, -0.2) is 0 Å². The Morgan fingerprint density at radius 2 is 1.92 bits per heavy atom. The number of hydrogen-bond acceptors (Lipinski definition) is 4. The highest BCUT2D eigenvalue weighted by Gasteiger charge is 2.05. The zero-order chi connectivity index (χ0) is 17.2. The lowest BCUT2D eigenvalue weighted by atomic mass is 10.1. The fourth-order valence-electron chi connectivity index (χ4n) is 2.47. The molecule has 0 saturated carbocycles. The maximum absolute atomic E-state index is 11.9. The van der Waals surface area contributed by atoms with Crippen LogP contribution in [0.1, 0.15) is 24.0 Å². The lowest BCUT2D eigenvalue weighted by Crippen LogP contribution is -2.25. The fourth-order valence-corrected chi connectivity index (χ4v) is 2.47. The van der Waals surface area contributed by atoms with E-state index in [-0.39, 0.29) is 5.91 Å². The number of amides is 1. The number of pyridine rings is 1. The smallest absolute Gasteiger partial charge is 0.220 e. The predicted octanol–water partition coefficient (Wildman–Crippen LogP) is 2.78. The highest BCUT2D eigenvalue weighted by molar-refractivity contribution is 5.75. The molecular formula is C19H24N2O3. The van der Waals surface area contributed by atoms with Crippen molar-refractivity contribution in [2.75, 3.05) is 20.8 Å². The first-order valence-corrected chi connectivity index (χ1v) is 8.09. The molecule has 0 bridgehead atoms. The third-order valence-corrected chi connectivity index (χ3v) is 3.78. The van der Waals surface area contributed by atoms with Crippen molar-refractivity contribution >= 4 is 5.91 Å². The summed E-state index contributed by atoms with van der Waals surface area (Å²) in [4.78, 5) is 15.9. The molecule has 1 N–H and O–H groups in total. The monoisotopic (exact) mass is 328 g/mol. The second-order valence-corrected chi connectivity index (χ2v) is 5.50. The number of carbonyl (C=O) groups excluding carboxylic acids is 1. The van der Waals surface area contributed by atoms with E-state index in [1.54, 1.807) is 20.4 Å². The Morgan fingerprint density at radius 3 is 2.62 bits per heavy atom. The van der Waals surface area contributed by atoms with Crippen molar-refractivity contribution in [3.05, 3.63) is 53.9 Å². The van der Waals surface area contributed by atoms with Crippen LogP contribution in [-0.2, 0) is 17.6 Å². The molecule has 5 heteroatoms. The highest BCUT2D eigenvalue weighted by Crippen LogP contribution is 2.27. The van der Waals surface area contributed by atoms with Gasteiger partial charge >= 0.3 is 0 Å². The summed E-state index contributed by atoms with van der Waals surface area (Å²) in [6.07, 6.45) is 6.58. The Morgan fingerprint density at radius 1 is 1.08 bits per heavy atom. The molecule has 0 spiro atoms. The molecule has 0 radical (unpaired) electrons. The lowest BCUT2D eigenvalue weighted by Gasteiger charge is -2.10. The summed E-state index contributed by atoms with van der Waals surface area (Å²) in [5.41, 5.74) is 2.26. The number of benzene rings is 1. The van der Waals surface area contributed by atoms with E-state index in [1.807, 2.05) is 36.5 Å². The normalized spacial score (nSPS) is 10.2. The van der Waals surface area contributed by atoms with E-state index < -0.39 is 0 Å². The number of aromatic nitrogens is 1. The van der Waals surface area contributed by atoms with Crippen LogP contribution in [0.3, 0.4) is 0 Å². The Hall–Kier alpha value is -2.56. The molecule has 0 atom stereocenters. The minimum atomic E-state index is 0.0827. The summed E-state index contributed by atoms with van der Waals surface area (Å²) >= 11 is 0. The van der Waals surface area contributed by atoms with Gasteiger partial charge in [0.25, 0.3) is 0 Å². The third kappa shape index (κ3) is 5.57. The van der Waals surface area contributed by atoms with E-state index in [1.165, 1.54) is 0 Å². The lowest BCUT2D eigenvalue weighted by molar-refractivity contribution is -0.121. The largest absolute Gasteiger partial charge is 0.493 e. The quantitative estimate of drug-likeness (QED) is 0.769. The molecule has 1 amide bonds. The SMILES string of the molecule is COc1ccc(CCNC(=O)CCCc2cccnc2)cc1OC. The fraction of sp³-hybridized carbons (Fsp3) is 0.368. The van der Waals surface area contributed by atoms with E-state index in [9.17, 15) is 4.79 Å². The number of rotatable bonds is 9. The topological polar surface area (TPSA) is 60.5 Å². The van der Waals surface area contributed by atoms with Gasteiger partial charge in [0.2, 0.25) is 5.91 Å². The standard InChI is InChI=1S/C19H24N2O3/c1-23-17-9-8-15(13-18(17)24-2)10-12-21-19(22)7-3-5-16-6-4-11-20-14-16/h4,6,8-9,11,13-14H,3,5,7,10,12H2,1-2H3,(H,21,22). The first-order chi connectivity index (χ1) is 11.7. The van der Waals surface area contributed by atoms with Gasteiger partial charge in [-0.2, -0.15) is 0 Å². The zero-order valence-electron chi connectivity index (χ0n) is 14.2. The average Bonchev–Trinajstić information content (AvgIpc) is 2.62. The van der Waals surface area contributed by atoms with Gasteiger partial charge < -0.3 is 14.8 Å². The van der Waals surface area contributed by atoms with Crippen LogP contribution in [0.5, 0.6) is 11.5 Å². The molecule has 2 aromatic rings. The van der Waals surface area contributed by atoms with Gasteiger partial charge in [-0.15, -0.1) is 0 Å². The molecule has 1 aromatic carbocycles. The number of aryl methyl sites for hydroxylation is 1. The van der Waals surface area contributed by atoms with Crippen molar-refractivity contribution in [3.8, 4) is 11.5 Å². The molecular weight excluding hydrogens is 304 g/mol.